The van der Waals surface area contributed by atoms with Crippen LogP contribution < -0.4 is 5.32 Å². The smallest absolute Gasteiger partial charge is 0.163 e. The largest absolute Gasteiger partial charge is 0.469 e. The minimum Gasteiger partial charge on any atom is -0.469 e. The van der Waals surface area contributed by atoms with Gasteiger partial charge in [0.25, 0.3) is 0 Å². The Kier molecular flexibility index (Phi) is 4.55. The van der Waals surface area contributed by atoms with E-state index in [1.807, 2.05) is 13.0 Å². The highest BCUT2D eigenvalue weighted by molar-refractivity contribution is 5.57. The standard InChI is InChI=1S/C16H23N3O/c1-10(2)17-8-6-14-11(3)18-16(19-12(14)4)15-7-9-20-13(15)5/h7,9-10,17H,6,8H2,1-5H3. The molecule has 4 heteroatoms. The van der Waals surface area contributed by atoms with Crippen LogP contribution in [0.15, 0.2) is 16.7 Å². The van der Waals surface area contributed by atoms with E-state index in [1.54, 1.807) is 6.26 Å². The third-order valence-corrected chi connectivity index (χ3v) is 3.45. The number of rotatable bonds is 5. The Morgan fingerprint density at radius 3 is 2.30 bits per heavy atom. The van der Waals surface area contributed by atoms with Crippen molar-refractivity contribution < 1.29 is 4.42 Å². The number of aryl methyl sites for hydroxylation is 3. The number of aromatic nitrogens is 2. The highest BCUT2D eigenvalue weighted by Crippen LogP contribution is 2.23. The van der Waals surface area contributed by atoms with Gasteiger partial charge < -0.3 is 9.73 Å². The molecule has 0 aliphatic rings. The molecule has 0 saturated carbocycles. The first-order valence-corrected chi connectivity index (χ1v) is 7.11. The molecule has 0 bridgehead atoms. The lowest BCUT2D eigenvalue weighted by molar-refractivity contribution is 0.535. The van der Waals surface area contributed by atoms with E-state index in [1.165, 1.54) is 5.56 Å². The second kappa shape index (κ2) is 6.18. The van der Waals surface area contributed by atoms with Crippen molar-refractivity contribution in [3.63, 3.8) is 0 Å². The fourth-order valence-electron chi connectivity index (χ4n) is 2.32. The molecule has 0 atom stereocenters. The maximum absolute atomic E-state index is 5.33. The lowest BCUT2D eigenvalue weighted by Crippen LogP contribution is -2.25. The summed E-state index contributed by atoms with van der Waals surface area (Å²) in [7, 11) is 0. The summed E-state index contributed by atoms with van der Waals surface area (Å²) < 4.78 is 5.33. The van der Waals surface area contributed by atoms with Crippen LogP contribution in [0.4, 0.5) is 0 Å². The van der Waals surface area contributed by atoms with Crippen LogP contribution in [0.3, 0.4) is 0 Å². The minimum atomic E-state index is 0.504. The van der Waals surface area contributed by atoms with E-state index in [9.17, 15) is 0 Å². The van der Waals surface area contributed by atoms with Crippen LogP contribution in [-0.2, 0) is 6.42 Å². The van der Waals surface area contributed by atoms with E-state index >= 15 is 0 Å². The van der Waals surface area contributed by atoms with Gasteiger partial charge in [-0.2, -0.15) is 0 Å². The number of hydrogen-bond acceptors (Lipinski definition) is 4. The molecule has 108 valence electrons. The first-order chi connectivity index (χ1) is 9.49. The van der Waals surface area contributed by atoms with Gasteiger partial charge in [-0.1, -0.05) is 13.8 Å². The Morgan fingerprint density at radius 2 is 1.80 bits per heavy atom. The Morgan fingerprint density at radius 1 is 1.15 bits per heavy atom. The molecule has 0 aliphatic heterocycles. The predicted molar refractivity (Wildman–Crippen MR) is 80.8 cm³/mol. The quantitative estimate of drug-likeness (QED) is 0.909. The zero-order valence-electron chi connectivity index (χ0n) is 12.9. The summed E-state index contributed by atoms with van der Waals surface area (Å²) in [5.74, 6) is 1.62. The van der Waals surface area contributed by atoms with Crippen LogP contribution in [0.25, 0.3) is 11.4 Å². The number of furan rings is 1. The first kappa shape index (κ1) is 14.7. The van der Waals surface area contributed by atoms with Gasteiger partial charge in [0.15, 0.2) is 5.82 Å². The summed E-state index contributed by atoms with van der Waals surface area (Å²) in [6, 6.07) is 2.42. The number of nitrogens with one attached hydrogen (secondary N) is 1. The van der Waals surface area contributed by atoms with Crippen LogP contribution in [0.2, 0.25) is 0 Å². The topological polar surface area (TPSA) is 51.0 Å². The van der Waals surface area contributed by atoms with Gasteiger partial charge in [0, 0.05) is 17.4 Å². The van der Waals surface area contributed by atoms with Gasteiger partial charge in [-0.15, -0.1) is 0 Å². The highest BCUT2D eigenvalue weighted by atomic mass is 16.3. The molecular weight excluding hydrogens is 250 g/mol. The number of hydrogen-bond donors (Lipinski definition) is 1. The molecule has 1 N–H and O–H groups in total. The summed E-state index contributed by atoms with van der Waals surface area (Å²) in [5.41, 5.74) is 4.32. The van der Waals surface area contributed by atoms with E-state index < -0.39 is 0 Å². The van der Waals surface area contributed by atoms with Crippen molar-refractivity contribution in [1.82, 2.24) is 15.3 Å². The summed E-state index contributed by atoms with van der Waals surface area (Å²) >= 11 is 0. The molecule has 0 aliphatic carbocycles. The van der Waals surface area contributed by atoms with Crippen LogP contribution in [-0.4, -0.2) is 22.6 Å². The predicted octanol–water partition coefficient (Wildman–Crippen LogP) is 3.20. The molecule has 0 amide bonds. The zero-order chi connectivity index (χ0) is 14.7. The summed E-state index contributed by atoms with van der Waals surface area (Å²) in [4.78, 5) is 9.27. The van der Waals surface area contributed by atoms with Gasteiger partial charge in [-0.3, -0.25) is 0 Å². The molecule has 20 heavy (non-hydrogen) atoms. The lowest BCUT2D eigenvalue weighted by Gasteiger charge is -2.12. The van der Waals surface area contributed by atoms with Gasteiger partial charge in [-0.05, 0) is 45.4 Å². The Bertz CT molecular complexity index is 564. The third kappa shape index (κ3) is 3.25. The van der Waals surface area contributed by atoms with Crippen LogP contribution in [0, 0.1) is 20.8 Å². The second-order valence-corrected chi connectivity index (χ2v) is 5.45. The van der Waals surface area contributed by atoms with Crippen molar-refractivity contribution in [3.05, 3.63) is 35.0 Å². The van der Waals surface area contributed by atoms with E-state index in [0.717, 1.165) is 41.5 Å². The van der Waals surface area contributed by atoms with E-state index in [4.69, 9.17) is 4.42 Å². The third-order valence-electron chi connectivity index (χ3n) is 3.45. The molecular formula is C16H23N3O. The van der Waals surface area contributed by atoms with Gasteiger partial charge in [0.1, 0.15) is 5.76 Å². The minimum absolute atomic E-state index is 0.504. The van der Waals surface area contributed by atoms with E-state index in [2.05, 4.69) is 43.0 Å². The molecule has 0 aromatic carbocycles. The summed E-state index contributed by atoms with van der Waals surface area (Å²) in [6.45, 7) is 11.3. The average molecular weight is 273 g/mol. The summed E-state index contributed by atoms with van der Waals surface area (Å²) in [5, 5.41) is 3.43. The average Bonchev–Trinajstić information content (AvgIpc) is 2.78. The maximum atomic E-state index is 5.33. The Labute approximate surface area is 120 Å². The molecule has 0 unspecified atom stereocenters. The van der Waals surface area contributed by atoms with Crippen molar-refractivity contribution in [1.29, 1.82) is 0 Å². The molecule has 0 fully saturated rings. The maximum Gasteiger partial charge on any atom is 0.163 e. The van der Waals surface area contributed by atoms with Gasteiger partial charge in [0.2, 0.25) is 0 Å². The molecule has 0 radical (unpaired) electrons. The lowest BCUT2D eigenvalue weighted by atomic mass is 10.1. The molecule has 0 spiro atoms. The van der Waals surface area contributed by atoms with E-state index in [0.29, 0.717) is 6.04 Å². The fraction of sp³-hybridized carbons (Fsp3) is 0.500. The van der Waals surface area contributed by atoms with Gasteiger partial charge in [0.05, 0.1) is 11.8 Å². The van der Waals surface area contributed by atoms with Crippen molar-refractivity contribution in [2.24, 2.45) is 0 Å². The molecule has 0 saturated heterocycles. The van der Waals surface area contributed by atoms with Crippen molar-refractivity contribution in [2.75, 3.05) is 6.54 Å². The number of nitrogens with zero attached hydrogens (tertiary/aromatic N) is 2. The molecule has 4 nitrogen and oxygen atoms in total. The van der Waals surface area contributed by atoms with Crippen molar-refractivity contribution >= 4 is 0 Å². The Balaban J connectivity index is 2.23. The highest BCUT2D eigenvalue weighted by Gasteiger charge is 2.12. The monoisotopic (exact) mass is 273 g/mol. The van der Waals surface area contributed by atoms with Crippen LogP contribution in [0.1, 0.15) is 36.6 Å². The van der Waals surface area contributed by atoms with Crippen molar-refractivity contribution in [2.45, 2.75) is 47.1 Å². The summed E-state index contributed by atoms with van der Waals surface area (Å²) in [6.07, 6.45) is 2.64. The second-order valence-electron chi connectivity index (χ2n) is 5.45. The SMILES string of the molecule is Cc1nc(-c2ccoc2C)nc(C)c1CCNC(C)C. The molecule has 2 aromatic heterocycles. The fourth-order valence-corrected chi connectivity index (χ4v) is 2.32. The molecule has 2 heterocycles. The molecule has 2 rings (SSSR count). The van der Waals surface area contributed by atoms with Crippen LogP contribution >= 0.6 is 0 Å². The van der Waals surface area contributed by atoms with E-state index in [-0.39, 0.29) is 0 Å². The van der Waals surface area contributed by atoms with Gasteiger partial charge in [-0.25, -0.2) is 9.97 Å². The zero-order valence-corrected chi connectivity index (χ0v) is 12.9. The van der Waals surface area contributed by atoms with Gasteiger partial charge >= 0.3 is 0 Å². The van der Waals surface area contributed by atoms with Crippen molar-refractivity contribution in [3.8, 4) is 11.4 Å². The normalized spacial score (nSPS) is 11.3. The molecule has 2 aromatic rings. The van der Waals surface area contributed by atoms with Crippen LogP contribution in [0.5, 0.6) is 0 Å². The first-order valence-electron chi connectivity index (χ1n) is 7.11. The Hall–Kier alpha value is -1.68.